The average molecular weight is 402 g/mol. The van der Waals surface area contributed by atoms with Gasteiger partial charge in [-0.25, -0.2) is 4.79 Å². The molecule has 8 nitrogen and oxygen atoms in total. The van der Waals surface area contributed by atoms with Gasteiger partial charge in [-0.3, -0.25) is 15.0 Å². The molecule has 1 aromatic carbocycles. The summed E-state index contributed by atoms with van der Waals surface area (Å²) in [5.74, 6) is -0.177. The Morgan fingerprint density at radius 1 is 1.29 bits per heavy atom. The van der Waals surface area contributed by atoms with Crippen LogP contribution in [0.15, 0.2) is 45.4 Å². The van der Waals surface area contributed by atoms with Gasteiger partial charge in [0, 0.05) is 12.6 Å². The first-order valence-corrected chi connectivity index (χ1v) is 9.81. The molecule has 0 radical (unpaired) electrons. The van der Waals surface area contributed by atoms with Gasteiger partial charge in [-0.2, -0.15) is 5.10 Å². The number of carbonyl (C=O) groups excluding carboxylic acids is 2. The molecule has 0 unspecified atom stereocenters. The van der Waals surface area contributed by atoms with Gasteiger partial charge < -0.3 is 9.47 Å². The lowest BCUT2D eigenvalue weighted by Gasteiger charge is -2.14. The fraction of sp³-hybridized carbons (Fsp3) is 0.368. The van der Waals surface area contributed by atoms with E-state index >= 15 is 0 Å². The highest BCUT2D eigenvalue weighted by molar-refractivity contribution is 8.18. The zero-order chi connectivity index (χ0) is 19.8. The molecular weight excluding hydrogens is 380 g/mol. The number of benzene rings is 1. The van der Waals surface area contributed by atoms with Crippen LogP contribution >= 0.6 is 11.8 Å². The Bertz CT molecular complexity index is 799. The van der Waals surface area contributed by atoms with E-state index in [0.717, 1.165) is 35.7 Å². The molecule has 2 aliphatic heterocycles. The Morgan fingerprint density at radius 3 is 2.75 bits per heavy atom. The van der Waals surface area contributed by atoms with E-state index in [2.05, 4.69) is 25.2 Å². The quantitative estimate of drug-likeness (QED) is 0.323. The van der Waals surface area contributed by atoms with Gasteiger partial charge in [-0.15, -0.1) is 5.10 Å². The van der Waals surface area contributed by atoms with Gasteiger partial charge in [0.1, 0.15) is 12.4 Å². The van der Waals surface area contributed by atoms with Crippen LogP contribution in [0.1, 0.15) is 18.4 Å². The summed E-state index contributed by atoms with van der Waals surface area (Å²) in [5, 5.41) is 10.8. The first kappa shape index (κ1) is 20.1. The summed E-state index contributed by atoms with van der Waals surface area (Å²) in [5.41, 5.74) is 0.857. The number of nitrogens with one attached hydrogen (secondary N) is 1. The summed E-state index contributed by atoms with van der Waals surface area (Å²) < 4.78 is 10.3. The van der Waals surface area contributed by atoms with E-state index in [1.54, 1.807) is 6.21 Å². The Morgan fingerprint density at radius 2 is 2.04 bits per heavy atom. The van der Waals surface area contributed by atoms with Crippen LogP contribution in [0, 0.1) is 0 Å². The smallest absolute Gasteiger partial charge is 0.331 e. The maximum absolute atomic E-state index is 11.7. The number of nitrogens with zero attached hydrogens (tertiary/aromatic N) is 3. The average Bonchev–Trinajstić information content (AvgIpc) is 3.33. The number of hydrogen-bond donors (Lipinski definition) is 1. The van der Waals surface area contributed by atoms with Crippen molar-refractivity contribution >= 4 is 35.0 Å². The molecule has 0 atom stereocenters. The number of thioether (sulfide) groups is 1. The number of rotatable bonds is 7. The highest BCUT2D eigenvalue weighted by Gasteiger charge is 2.24. The number of hydrogen-bond acceptors (Lipinski definition) is 8. The van der Waals surface area contributed by atoms with Gasteiger partial charge >= 0.3 is 5.97 Å². The zero-order valence-electron chi connectivity index (χ0n) is 15.6. The summed E-state index contributed by atoms with van der Waals surface area (Å²) in [6, 6.07) is 7.55. The fourth-order valence-electron chi connectivity index (χ4n) is 2.74. The molecule has 0 spiro atoms. The van der Waals surface area contributed by atoms with E-state index in [1.165, 1.54) is 33.0 Å². The van der Waals surface area contributed by atoms with Gasteiger partial charge in [-0.1, -0.05) is 0 Å². The molecule has 2 fully saturated rings. The minimum atomic E-state index is -0.592. The molecule has 1 N–H and O–H groups in total. The molecule has 0 aliphatic carbocycles. The Balaban J connectivity index is 1.47. The molecule has 0 bridgehead atoms. The largest absolute Gasteiger partial charge is 0.492 e. The molecule has 2 saturated heterocycles. The summed E-state index contributed by atoms with van der Waals surface area (Å²) in [6.45, 7) is 3.97. The predicted molar refractivity (Wildman–Crippen MR) is 108 cm³/mol. The number of amidine groups is 1. The molecule has 1 amide bonds. The van der Waals surface area contributed by atoms with Crippen molar-refractivity contribution < 1.29 is 19.1 Å². The van der Waals surface area contributed by atoms with Gasteiger partial charge in [-0.05, 0) is 67.5 Å². The minimum absolute atomic E-state index is 0.219. The molecule has 2 aliphatic rings. The van der Waals surface area contributed by atoms with Gasteiger partial charge in [0.15, 0.2) is 5.17 Å². The van der Waals surface area contributed by atoms with Crippen molar-refractivity contribution in [2.75, 3.05) is 33.4 Å². The topological polar surface area (TPSA) is 92.6 Å². The van der Waals surface area contributed by atoms with Gasteiger partial charge in [0.2, 0.25) is 0 Å². The van der Waals surface area contributed by atoms with Crippen LogP contribution in [-0.2, 0) is 14.3 Å². The summed E-state index contributed by atoms with van der Waals surface area (Å²) in [7, 11) is 1.25. The third-order valence-corrected chi connectivity index (χ3v) is 5.11. The van der Waals surface area contributed by atoms with Crippen LogP contribution in [0.25, 0.3) is 0 Å². The lowest BCUT2D eigenvalue weighted by Crippen LogP contribution is -2.25. The van der Waals surface area contributed by atoms with E-state index < -0.39 is 11.9 Å². The normalized spacial score (nSPS) is 20.2. The van der Waals surface area contributed by atoms with Crippen molar-refractivity contribution in [1.82, 2.24) is 10.2 Å². The van der Waals surface area contributed by atoms with Crippen molar-refractivity contribution in [3.8, 4) is 5.75 Å². The molecule has 0 saturated carbocycles. The monoisotopic (exact) mass is 402 g/mol. The minimum Gasteiger partial charge on any atom is -0.492 e. The summed E-state index contributed by atoms with van der Waals surface area (Å²) in [4.78, 5) is 25.6. The lowest BCUT2D eigenvalue weighted by atomic mass is 10.2. The summed E-state index contributed by atoms with van der Waals surface area (Å²) >= 11 is 1.03. The van der Waals surface area contributed by atoms with Crippen molar-refractivity contribution in [2.45, 2.75) is 12.8 Å². The number of carbonyl (C=O) groups is 2. The number of amides is 1. The Labute approximate surface area is 167 Å². The van der Waals surface area contributed by atoms with Crippen molar-refractivity contribution in [2.24, 2.45) is 10.2 Å². The highest BCUT2D eigenvalue weighted by Crippen LogP contribution is 2.23. The number of ether oxygens (including phenoxy) is 2. The SMILES string of the molecule is COC(=O)/C=C1/S/C(=N\N=Cc2ccc(OCCN3CCCC3)cc2)NC1=O. The molecule has 2 heterocycles. The number of methoxy groups -OCH3 is 1. The molecule has 1 aromatic rings. The molecule has 9 heteroatoms. The molecule has 0 aromatic heterocycles. The van der Waals surface area contributed by atoms with Crippen molar-refractivity contribution in [3.63, 3.8) is 0 Å². The van der Waals surface area contributed by atoms with Gasteiger partial charge in [0.05, 0.1) is 18.2 Å². The van der Waals surface area contributed by atoms with E-state index in [-0.39, 0.29) is 4.91 Å². The van der Waals surface area contributed by atoms with Crippen LogP contribution < -0.4 is 10.1 Å². The van der Waals surface area contributed by atoms with E-state index in [9.17, 15) is 9.59 Å². The highest BCUT2D eigenvalue weighted by atomic mass is 32.2. The maximum atomic E-state index is 11.7. The standard InChI is InChI=1S/C19H22N4O4S/c1-26-17(24)12-16-18(25)21-19(28-16)22-20-13-14-4-6-15(7-5-14)27-11-10-23-8-2-3-9-23/h4-7,12-13H,2-3,8-11H2,1H3,(H,21,22,25)/b16-12+,20-13?. The molecule has 3 rings (SSSR count). The fourth-order valence-corrected chi connectivity index (χ4v) is 3.48. The van der Waals surface area contributed by atoms with Gasteiger partial charge in [0.25, 0.3) is 5.91 Å². The van der Waals surface area contributed by atoms with Crippen LogP contribution in [0.4, 0.5) is 0 Å². The van der Waals surface area contributed by atoms with Crippen molar-refractivity contribution in [1.29, 1.82) is 0 Å². The maximum Gasteiger partial charge on any atom is 0.331 e. The molecule has 148 valence electrons. The van der Waals surface area contributed by atoms with E-state index in [0.29, 0.717) is 11.8 Å². The summed E-state index contributed by atoms with van der Waals surface area (Å²) in [6.07, 6.45) is 5.26. The second kappa shape index (κ2) is 10.0. The third kappa shape index (κ3) is 5.93. The van der Waals surface area contributed by atoms with E-state index in [4.69, 9.17) is 4.74 Å². The second-order valence-electron chi connectivity index (χ2n) is 6.20. The molecular formula is C19H22N4O4S. The van der Waals surface area contributed by atoms with E-state index in [1.807, 2.05) is 24.3 Å². The Kier molecular flexibility index (Phi) is 7.21. The Hall–Kier alpha value is -2.65. The predicted octanol–water partition coefficient (Wildman–Crippen LogP) is 1.77. The van der Waals surface area contributed by atoms with Crippen LogP contribution in [-0.4, -0.2) is 61.5 Å². The molecule has 28 heavy (non-hydrogen) atoms. The van der Waals surface area contributed by atoms with Crippen LogP contribution in [0.2, 0.25) is 0 Å². The van der Waals surface area contributed by atoms with Crippen LogP contribution in [0.3, 0.4) is 0 Å². The van der Waals surface area contributed by atoms with Crippen LogP contribution in [0.5, 0.6) is 5.75 Å². The lowest BCUT2D eigenvalue weighted by molar-refractivity contribution is -0.135. The number of likely N-dealkylation sites (tertiary alicyclic amines) is 1. The van der Waals surface area contributed by atoms with Crippen molar-refractivity contribution in [3.05, 3.63) is 40.8 Å². The zero-order valence-corrected chi connectivity index (χ0v) is 16.4. The number of esters is 1. The third-order valence-electron chi connectivity index (χ3n) is 4.21. The first-order valence-electron chi connectivity index (χ1n) is 8.99. The first-order chi connectivity index (χ1) is 13.6. The second-order valence-corrected chi connectivity index (χ2v) is 7.23.